The fourth-order valence-corrected chi connectivity index (χ4v) is 8.95. The number of carbonyl (C=O) groups excluding carboxylic acids is 3. The van der Waals surface area contributed by atoms with E-state index in [1.165, 1.54) is 11.6 Å². The van der Waals surface area contributed by atoms with Gasteiger partial charge in [-0.05, 0) is 42.4 Å². The highest BCUT2D eigenvalue weighted by molar-refractivity contribution is 6.33. The molecule has 4 aliphatic rings. The van der Waals surface area contributed by atoms with Gasteiger partial charge in [0.25, 0.3) is 11.5 Å². The lowest BCUT2D eigenvalue weighted by atomic mass is 9.92. The molecule has 57 heavy (non-hydrogen) atoms. The van der Waals surface area contributed by atoms with Gasteiger partial charge in [0, 0.05) is 84.1 Å². The molecule has 18 heteroatoms. The first kappa shape index (κ1) is 36.8. The van der Waals surface area contributed by atoms with E-state index in [1.807, 2.05) is 29.9 Å². The zero-order chi connectivity index (χ0) is 39.5. The Bertz CT molecular complexity index is 2490. The maximum atomic E-state index is 12.8. The molecule has 7 heterocycles. The van der Waals surface area contributed by atoms with E-state index in [1.54, 1.807) is 25.5 Å². The molecule has 5 aromatic rings. The van der Waals surface area contributed by atoms with Gasteiger partial charge in [-0.15, -0.1) is 0 Å². The summed E-state index contributed by atoms with van der Waals surface area (Å²) < 4.78 is 8.75. The van der Waals surface area contributed by atoms with Gasteiger partial charge in [0.05, 0.1) is 40.9 Å². The highest BCUT2D eigenvalue weighted by Crippen LogP contribution is 2.52. The lowest BCUT2D eigenvalue weighted by Crippen LogP contribution is -2.47. The van der Waals surface area contributed by atoms with E-state index in [9.17, 15) is 19.2 Å². The summed E-state index contributed by atoms with van der Waals surface area (Å²) in [5, 5.41) is 15.0. The summed E-state index contributed by atoms with van der Waals surface area (Å²) >= 11 is 6.56. The minimum atomic E-state index is -0.426. The van der Waals surface area contributed by atoms with Crippen molar-refractivity contribution in [3.8, 4) is 5.75 Å². The standard InChI is InChI=1S/C39H43ClN12O5/c1-41-32(54)20-57-30-14-21-13-22(15-42-36(21)48(2)38(30)56)44-35-28(40)16-43-39(46-35)52-18-26-25(27(26)19-52)17-50-9-11-51(12-10-50)29-6-4-5-23-33(47-49(3)34(23)29)24-7-8-31(53)45-37(24)55/h4-6,13-16,24-27H,7-12,17-20H2,1-3H3,(H,41,54)(H,43,44,46)(H,45,53,55). The van der Waals surface area contributed by atoms with Crippen LogP contribution in [0.4, 0.5) is 23.1 Å². The minimum absolute atomic E-state index is 0.0464. The molecule has 296 valence electrons. The van der Waals surface area contributed by atoms with Crippen LogP contribution in [-0.2, 0) is 28.5 Å². The molecule has 3 aliphatic heterocycles. The van der Waals surface area contributed by atoms with Crippen LogP contribution >= 0.6 is 11.6 Å². The number of aromatic nitrogens is 6. The van der Waals surface area contributed by atoms with Gasteiger partial charge < -0.3 is 25.2 Å². The predicted octanol–water partition coefficient (Wildman–Crippen LogP) is 2.16. The van der Waals surface area contributed by atoms with Crippen LogP contribution in [0.25, 0.3) is 21.9 Å². The molecule has 9 rings (SSSR count). The average Bonchev–Trinajstić information content (AvgIpc) is 3.47. The number of nitrogens with zero attached hydrogens (tertiary/aromatic N) is 9. The number of carbonyl (C=O) groups is 3. The number of likely N-dealkylation sites (N-methyl/N-ethyl adjacent to an activating group) is 1. The number of piperazine rings is 1. The number of nitrogens with one attached hydrogen (secondary N) is 3. The summed E-state index contributed by atoms with van der Waals surface area (Å²) in [6.45, 7) is 6.30. The van der Waals surface area contributed by atoms with Crippen molar-refractivity contribution in [1.82, 2.24) is 44.8 Å². The molecule has 3 unspecified atom stereocenters. The lowest BCUT2D eigenvalue weighted by Gasteiger charge is -2.37. The minimum Gasteiger partial charge on any atom is -0.478 e. The number of pyridine rings is 2. The fourth-order valence-electron chi connectivity index (χ4n) is 8.81. The van der Waals surface area contributed by atoms with Gasteiger partial charge in [-0.2, -0.15) is 10.1 Å². The van der Waals surface area contributed by atoms with Crippen molar-refractivity contribution in [1.29, 1.82) is 0 Å². The molecule has 3 atom stereocenters. The molecule has 0 bridgehead atoms. The zero-order valence-electron chi connectivity index (χ0n) is 31.9. The number of imide groups is 1. The van der Waals surface area contributed by atoms with Crippen LogP contribution in [-0.4, -0.2) is 111 Å². The Morgan fingerprint density at radius 2 is 1.81 bits per heavy atom. The summed E-state index contributed by atoms with van der Waals surface area (Å²) in [4.78, 5) is 70.0. The Kier molecular flexibility index (Phi) is 9.43. The zero-order valence-corrected chi connectivity index (χ0v) is 32.6. The van der Waals surface area contributed by atoms with Gasteiger partial charge in [0.1, 0.15) is 10.7 Å². The molecule has 1 aliphatic carbocycles. The normalized spacial score (nSPS) is 22.2. The number of rotatable bonds is 10. The van der Waals surface area contributed by atoms with E-state index < -0.39 is 11.5 Å². The summed E-state index contributed by atoms with van der Waals surface area (Å²) in [6, 6.07) is 9.60. The molecule has 3 saturated heterocycles. The van der Waals surface area contributed by atoms with Crippen molar-refractivity contribution in [2.24, 2.45) is 31.8 Å². The molecule has 3 amide bonds. The lowest BCUT2D eigenvalue weighted by molar-refractivity contribution is -0.134. The van der Waals surface area contributed by atoms with Crippen molar-refractivity contribution in [3.05, 3.63) is 63.8 Å². The Morgan fingerprint density at radius 1 is 1.02 bits per heavy atom. The molecule has 4 fully saturated rings. The smallest absolute Gasteiger partial charge is 0.294 e. The monoisotopic (exact) mass is 794 g/mol. The van der Waals surface area contributed by atoms with E-state index in [-0.39, 0.29) is 30.1 Å². The summed E-state index contributed by atoms with van der Waals surface area (Å²) in [5.41, 5.74) is 3.57. The Morgan fingerprint density at radius 3 is 2.56 bits per heavy atom. The molecule has 4 aromatic heterocycles. The van der Waals surface area contributed by atoms with Crippen LogP contribution in [0.5, 0.6) is 5.75 Å². The van der Waals surface area contributed by atoms with Crippen LogP contribution in [0, 0.1) is 17.8 Å². The van der Waals surface area contributed by atoms with Crippen LogP contribution in [0.1, 0.15) is 24.5 Å². The van der Waals surface area contributed by atoms with Crippen molar-refractivity contribution in [3.63, 3.8) is 0 Å². The number of fused-ring (bicyclic) bond motifs is 3. The number of ether oxygens (including phenoxy) is 1. The van der Waals surface area contributed by atoms with Crippen molar-refractivity contribution in [2.75, 3.05) is 74.6 Å². The highest BCUT2D eigenvalue weighted by atomic mass is 35.5. The van der Waals surface area contributed by atoms with Crippen molar-refractivity contribution in [2.45, 2.75) is 18.8 Å². The van der Waals surface area contributed by atoms with Gasteiger partial charge >= 0.3 is 0 Å². The second kappa shape index (κ2) is 14.6. The average molecular weight is 795 g/mol. The largest absolute Gasteiger partial charge is 0.478 e. The quantitative estimate of drug-likeness (QED) is 0.175. The number of piperidine rings is 2. The maximum absolute atomic E-state index is 12.8. The van der Waals surface area contributed by atoms with Crippen molar-refractivity contribution < 1.29 is 19.1 Å². The van der Waals surface area contributed by atoms with Gasteiger partial charge in [-0.3, -0.25) is 38.6 Å². The topological polar surface area (TPSA) is 185 Å². The number of hydrogen-bond donors (Lipinski definition) is 3. The maximum Gasteiger partial charge on any atom is 0.294 e. The molecule has 3 N–H and O–H groups in total. The number of halogens is 1. The van der Waals surface area contributed by atoms with Gasteiger partial charge in [-0.1, -0.05) is 23.7 Å². The predicted molar refractivity (Wildman–Crippen MR) is 214 cm³/mol. The van der Waals surface area contributed by atoms with E-state index in [4.69, 9.17) is 26.4 Å². The highest BCUT2D eigenvalue weighted by Gasteiger charge is 2.56. The van der Waals surface area contributed by atoms with E-state index in [0.29, 0.717) is 64.1 Å². The number of benzene rings is 1. The summed E-state index contributed by atoms with van der Waals surface area (Å²) in [6.07, 6.45) is 4.02. The van der Waals surface area contributed by atoms with Crippen LogP contribution in [0.15, 0.2) is 47.5 Å². The first-order valence-electron chi connectivity index (χ1n) is 19.2. The van der Waals surface area contributed by atoms with E-state index in [2.05, 4.69) is 46.7 Å². The van der Waals surface area contributed by atoms with E-state index in [0.717, 1.165) is 68.1 Å². The van der Waals surface area contributed by atoms with Crippen LogP contribution in [0.3, 0.4) is 0 Å². The molecular formula is C39H43ClN12O5. The first-order valence-corrected chi connectivity index (χ1v) is 19.6. The third kappa shape index (κ3) is 6.88. The molecule has 17 nitrogen and oxygen atoms in total. The number of anilines is 4. The molecule has 1 saturated carbocycles. The van der Waals surface area contributed by atoms with Crippen LogP contribution < -0.4 is 36.0 Å². The third-order valence-corrected chi connectivity index (χ3v) is 12.2. The third-order valence-electron chi connectivity index (χ3n) is 11.9. The number of para-hydroxylation sites is 1. The van der Waals surface area contributed by atoms with Crippen LogP contribution in [0.2, 0.25) is 5.02 Å². The Balaban J connectivity index is 0.807. The van der Waals surface area contributed by atoms with Gasteiger partial charge in [0.15, 0.2) is 18.2 Å². The summed E-state index contributed by atoms with van der Waals surface area (Å²) in [7, 11) is 5.03. The molecule has 0 radical (unpaired) electrons. The Labute approximate surface area is 332 Å². The molecular weight excluding hydrogens is 752 g/mol. The second-order valence-electron chi connectivity index (χ2n) is 15.3. The second-order valence-corrected chi connectivity index (χ2v) is 15.7. The first-order chi connectivity index (χ1) is 27.6. The molecule has 1 aromatic carbocycles. The number of aryl methyl sites for hydroxylation is 2. The Hall–Kier alpha value is -5.81. The van der Waals surface area contributed by atoms with E-state index >= 15 is 0 Å². The molecule has 0 spiro atoms. The number of hydrogen-bond acceptors (Lipinski definition) is 13. The van der Waals surface area contributed by atoms with Gasteiger partial charge in [-0.25, -0.2) is 9.97 Å². The fraction of sp³-hybridized carbons (Fsp3) is 0.436. The number of amides is 3. The van der Waals surface area contributed by atoms with Gasteiger partial charge in [0.2, 0.25) is 17.8 Å². The SMILES string of the molecule is CNC(=O)COc1cc2cc(Nc3nc(N4CC5C(CN6CCN(c7cccc8c(C9CCC(=O)NC9=O)nn(C)c78)CC6)C5C4)ncc3Cl)cnc2n(C)c1=O. The van der Waals surface area contributed by atoms with Crippen molar-refractivity contribution >= 4 is 74.4 Å². The summed E-state index contributed by atoms with van der Waals surface area (Å²) in [5.74, 6) is 1.67.